The first-order valence-electron chi connectivity index (χ1n) is 6.11. The zero-order valence-corrected chi connectivity index (χ0v) is 13.3. The normalized spacial score (nSPS) is 10.3. The number of nitrogens with one attached hydrogen (secondary N) is 1. The van der Waals surface area contributed by atoms with Gasteiger partial charge in [0.2, 0.25) is 0 Å². The Morgan fingerprint density at radius 2 is 2.05 bits per heavy atom. The van der Waals surface area contributed by atoms with Crippen molar-refractivity contribution in [1.82, 2.24) is 0 Å². The minimum atomic E-state index is -0.0304. The van der Waals surface area contributed by atoms with E-state index in [1.54, 1.807) is 24.3 Å². The number of nitrogens with two attached hydrogens (primary N) is 1. The molecule has 0 bridgehead atoms. The molecule has 0 amide bonds. The highest BCUT2D eigenvalue weighted by atomic mass is 79.9. The predicted octanol–water partition coefficient (Wildman–Crippen LogP) is 4.74. The molecule has 3 N–H and O–H groups in total. The van der Waals surface area contributed by atoms with E-state index in [1.165, 1.54) is 0 Å². The van der Waals surface area contributed by atoms with E-state index < -0.39 is 0 Å². The maximum atomic E-state index is 7.59. The van der Waals surface area contributed by atoms with Gasteiger partial charge in [-0.2, -0.15) is 0 Å². The molecule has 5 heteroatoms. The van der Waals surface area contributed by atoms with Crippen molar-refractivity contribution in [1.29, 1.82) is 5.41 Å². The monoisotopic (exact) mass is 352 g/mol. The van der Waals surface area contributed by atoms with Crippen LogP contribution in [0.15, 0.2) is 40.9 Å². The number of rotatable bonds is 4. The molecular weight excluding hydrogens is 340 g/mol. The summed E-state index contributed by atoms with van der Waals surface area (Å²) in [6.45, 7) is 2.03. The number of halogens is 2. The highest BCUT2D eigenvalue weighted by molar-refractivity contribution is 9.10. The zero-order valence-electron chi connectivity index (χ0n) is 10.9. The van der Waals surface area contributed by atoms with Crippen molar-refractivity contribution in [3.05, 3.63) is 57.0 Å². The van der Waals surface area contributed by atoms with Gasteiger partial charge in [0.25, 0.3) is 0 Å². The molecular formula is C15H14BrClN2O. The van der Waals surface area contributed by atoms with Crippen LogP contribution in [0.5, 0.6) is 11.5 Å². The van der Waals surface area contributed by atoms with Crippen molar-refractivity contribution in [3.8, 4) is 11.5 Å². The Hall–Kier alpha value is -1.52. The summed E-state index contributed by atoms with van der Waals surface area (Å²) < 4.78 is 6.70. The van der Waals surface area contributed by atoms with E-state index in [2.05, 4.69) is 15.9 Å². The van der Waals surface area contributed by atoms with Crippen molar-refractivity contribution >= 4 is 33.4 Å². The van der Waals surface area contributed by atoms with E-state index in [1.807, 2.05) is 19.1 Å². The molecule has 0 spiro atoms. The largest absolute Gasteiger partial charge is 0.457 e. The van der Waals surface area contributed by atoms with Crippen molar-refractivity contribution in [2.24, 2.45) is 5.73 Å². The van der Waals surface area contributed by atoms with Gasteiger partial charge in [0.05, 0.1) is 5.56 Å². The summed E-state index contributed by atoms with van der Waals surface area (Å²) in [6.07, 6.45) is 0.827. The molecule has 20 heavy (non-hydrogen) atoms. The molecule has 0 unspecified atom stereocenters. The molecule has 0 aliphatic heterocycles. The summed E-state index contributed by atoms with van der Waals surface area (Å²) in [5, 5.41) is 8.31. The lowest BCUT2D eigenvalue weighted by Gasteiger charge is -2.12. The lowest BCUT2D eigenvalue weighted by Crippen LogP contribution is -2.12. The second-order valence-corrected chi connectivity index (χ2v) is 5.59. The summed E-state index contributed by atoms with van der Waals surface area (Å²) in [6, 6.07) is 10.9. The number of amidine groups is 1. The highest BCUT2D eigenvalue weighted by Crippen LogP contribution is 2.30. The molecule has 2 aromatic rings. The van der Waals surface area contributed by atoms with E-state index in [0.29, 0.717) is 17.1 Å². The second kappa shape index (κ2) is 6.29. The van der Waals surface area contributed by atoms with Crippen LogP contribution in [0.1, 0.15) is 18.1 Å². The molecule has 3 nitrogen and oxygen atoms in total. The summed E-state index contributed by atoms with van der Waals surface area (Å²) in [7, 11) is 0. The Morgan fingerprint density at radius 3 is 2.70 bits per heavy atom. The van der Waals surface area contributed by atoms with Crippen LogP contribution in [0.4, 0.5) is 0 Å². The molecule has 0 atom stereocenters. The van der Waals surface area contributed by atoms with Gasteiger partial charge in [-0.25, -0.2) is 0 Å². The van der Waals surface area contributed by atoms with Crippen molar-refractivity contribution in [2.75, 3.05) is 0 Å². The number of benzene rings is 2. The summed E-state index contributed by atoms with van der Waals surface area (Å²) in [5.74, 6) is 1.18. The zero-order chi connectivity index (χ0) is 14.7. The second-order valence-electron chi connectivity index (χ2n) is 4.26. The third kappa shape index (κ3) is 3.32. The van der Waals surface area contributed by atoms with Crippen LogP contribution < -0.4 is 10.5 Å². The first kappa shape index (κ1) is 14.9. The van der Waals surface area contributed by atoms with Gasteiger partial charge >= 0.3 is 0 Å². The fourth-order valence-corrected chi connectivity index (χ4v) is 2.41. The van der Waals surface area contributed by atoms with E-state index in [4.69, 9.17) is 27.5 Å². The number of hydrogen-bond donors (Lipinski definition) is 2. The number of aryl methyl sites for hydroxylation is 1. The lowest BCUT2D eigenvalue weighted by molar-refractivity contribution is 0.480. The quantitative estimate of drug-likeness (QED) is 0.616. The summed E-state index contributed by atoms with van der Waals surface area (Å²) >= 11 is 9.48. The molecule has 0 saturated carbocycles. The maximum Gasteiger partial charge on any atom is 0.139 e. The summed E-state index contributed by atoms with van der Waals surface area (Å²) in [5.41, 5.74) is 7.14. The average Bonchev–Trinajstić information content (AvgIpc) is 2.40. The van der Waals surface area contributed by atoms with Crippen molar-refractivity contribution in [3.63, 3.8) is 0 Å². The minimum absolute atomic E-state index is 0.0304. The predicted molar refractivity (Wildman–Crippen MR) is 86.1 cm³/mol. The van der Waals surface area contributed by atoms with Gasteiger partial charge < -0.3 is 10.5 Å². The Kier molecular flexibility index (Phi) is 4.68. The molecule has 0 fully saturated rings. The SMILES string of the molecule is CCc1cc(Oc2cc(Br)ccc2C(=N)N)ccc1Cl. The smallest absolute Gasteiger partial charge is 0.139 e. The van der Waals surface area contributed by atoms with Crippen LogP contribution in [-0.4, -0.2) is 5.84 Å². The fourth-order valence-electron chi connectivity index (χ4n) is 1.82. The van der Waals surface area contributed by atoms with E-state index >= 15 is 0 Å². The van der Waals surface area contributed by atoms with Gasteiger partial charge in [-0.15, -0.1) is 0 Å². The Balaban J connectivity index is 2.39. The minimum Gasteiger partial charge on any atom is -0.457 e. The molecule has 2 rings (SSSR count). The van der Waals surface area contributed by atoms with E-state index in [0.717, 1.165) is 21.5 Å². The Morgan fingerprint density at radius 1 is 1.30 bits per heavy atom. The molecule has 0 radical (unpaired) electrons. The first-order valence-corrected chi connectivity index (χ1v) is 7.28. The van der Waals surface area contributed by atoms with Crippen LogP contribution in [0, 0.1) is 5.41 Å². The topological polar surface area (TPSA) is 59.1 Å². The molecule has 0 heterocycles. The van der Waals surface area contributed by atoms with Crippen molar-refractivity contribution < 1.29 is 4.74 Å². The third-order valence-corrected chi connectivity index (χ3v) is 3.72. The van der Waals surface area contributed by atoms with Crippen LogP contribution in [0.3, 0.4) is 0 Å². The standard InChI is InChI=1S/C15H14BrClN2O/c1-2-9-7-11(4-6-13(9)17)20-14-8-10(16)3-5-12(14)15(18)19/h3-8H,2H2,1H3,(H3,18,19). The Bertz CT molecular complexity index is 658. The lowest BCUT2D eigenvalue weighted by atomic mass is 10.1. The van der Waals surface area contributed by atoms with Gasteiger partial charge in [0.1, 0.15) is 17.3 Å². The van der Waals surface area contributed by atoms with Crippen molar-refractivity contribution in [2.45, 2.75) is 13.3 Å². The number of hydrogen-bond acceptors (Lipinski definition) is 2. The van der Waals surface area contributed by atoms with E-state index in [-0.39, 0.29) is 5.84 Å². The molecule has 0 aromatic heterocycles. The number of ether oxygens (including phenoxy) is 1. The van der Waals surface area contributed by atoms with Gasteiger partial charge in [-0.05, 0) is 48.4 Å². The van der Waals surface area contributed by atoms with Gasteiger partial charge in [0.15, 0.2) is 0 Å². The van der Waals surface area contributed by atoms with Crippen LogP contribution in [-0.2, 0) is 6.42 Å². The highest BCUT2D eigenvalue weighted by Gasteiger charge is 2.09. The maximum absolute atomic E-state index is 7.59. The molecule has 0 aliphatic rings. The van der Waals surface area contributed by atoms with Crippen LogP contribution in [0.25, 0.3) is 0 Å². The number of nitrogen functional groups attached to an aromatic ring is 1. The van der Waals surface area contributed by atoms with Gasteiger partial charge in [-0.1, -0.05) is 34.5 Å². The summed E-state index contributed by atoms with van der Waals surface area (Å²) in [4.78, 5) is 0. The first-order chi connectivity index (χ1) is 9.51. The molecule has 104 valence electrons. The van der Waals surface area contributed by atoms with E-state index in [9.17, 15) is 0 Å². The van der Waals surface area contributed by atoms with Crippen LogP contribution in [0.2, 0.25) is 5.02 Å². The van der Waals surface area contributed by atoms with Gasteiger partial charge in [0, 0.05) is 9.50 Å². The Labute approximate surface area is 131 Å². The third-order valence-electron chi connectivity index (χ3n) is 2.86. The van der Waals surface area contributed by atoms with Crippen LogP contribution >= 0.6 is 27.5 Å². The molecule has 0 saturated heterocycles. The fraction of sp³-hybridized carbons (Fsp3) is 0.133. The van der Waals surface area contributed by atoms with Gasteiger partial charge in [-0.3, -0.25) is 5.41 Å². The average molecular weight is 354 g/mol. The molecule has 2 aromatic carbocycles. The molecule has 0 aliphatic carbocycles.